The first-order chi connectivity index (χ1) is 9.54. The van der Waals surface area contributed by atoms with E-state index in [1.54, 1.807) is 0 Å². The molecule has 2 atom stereocenters. The second kappa shape index (κ2) is 7.16. The highest BCUT2D eigenvalue weighted by Crippen LogP contribution is 2.34. The van der Waals surface area contributed by atoms with Crippen LogP contribution in [0.1, 0.15) is 69.6 Å². The lowest BCUT2D eigenvalue weighted by Crippen LogP contribution is -2.21. The van der Waals surface area contributed by atoms with Gasteiger partial charge in [-0.1, -0.05) is 33.6 Å². The number of hydrogen-bond acceptors (Lipinski definition) is 3. The van der Waals surface area contributed by atoms with Crippen LogP contribution < -0.4 is 5.32 Å². The van der Waals surface area contributed by atoms with Crippen LogP contribution in [0.2, 0.25) is 0 Å². The maximum Gasteiger partial charge on any atom is 0.131 e. The highest BCUT2D eigenvalue weighted by molar-refractivity contribution is 5.13. The van der Waals surface area contributed by atoms with Gasteiger partial charge in [-0.15, -0.1) is 0 Å². The van der Waals surface area contributed by atoms with Crippen molar-refractivity contribution in [2.45, 2.75) is 65.8 Å². The van der Waals surface area contributed by atoms with Crippen LogP contribution in [0.4, 0.5) is 0 Å². The molecule has 0 radical (unpaired) electrons. The summed E-state index contributed by atoms with van der Waals surface area (Å²) in [6.45, 7) is 10.8. The number of nitrogens with zero attached hydrogens (tertiary/aromatic N) is 2. The summed E-state index contributed by atoms with van der Waals surface area (Å²) in [6.07, 6.45) is 5.20. The van der Waals surface area contributed by atoms with Crippen molar-refractivity contribution in [3.05, 3.63) is 23.3 Å². The molecule has 1 heterocycles. The minimum atomic E-state index is 0.572. The zero-order valence-electron chi connectivity index (χ0n) is 13.4. The van der Waals surface area contributed by atoms with Gasteiger partial charge in [0, 0.05) is 18.2 Å². The first-order valence-electron chi connectivity index (χ1n) is 8.09. The van der Waals surface area contributed by atoms with E-state index in [2.05, 4.69) is 39.1 Å². The molecule has 1 saturated carbocycles. The van der Waals surface area contributed by atoms with Crippen molar-refractivity contribution in [2.24, 2.45) is 11.8 Å². The van der Waals surface area contributed by atoms with E-state index in [4.69, 9.17) is 9.97 Å². The van der Waals surface area contributed by atoms with Gasteiger partial charge in [-0.3, -0.25) is 0 Å². The average Bonchev–Trinajstić information content (AvgIpc) is 2.37. The minimum Gasteiger partial charge on any atom is -0.311 e. The fraction of sp³-hybridized carbons (Fsp3) is 0.765. The SMILES string of the molecule is Cc1cc(CNCC(C)C)nc(C2CCCC(C)C2)n1. The van der Waals surface area contributed by atoms with E-state index in [0.29, 0.717) is 11.8 Å². The van der Waals surface area contributed by atoms with Gasteiger partial charge in [0.1, 0.15) is 5.82 Å². The van der Waals surface area contributed by atoms with Gasteiger partial charge < -0.3 is 5.32 Å². The Labute approximate surface area is 123 Å². The fourth-order valence-electron chi connectivity index (χ4n) is 3.09. The van der Waals surface area contributed by atoms with E-state index in [1.165, 1.54) is 25.7 Å². The Bertz CT molecular complexity index is 428. The van der Waals surface area contributed by atoms with Crippen molar-refractivity contribution < 1.29 is 0 Å². The third kappa shape index (κ3) is 4.55. The first kappa shape index (κ1) is 15.4. The summed E-state index contributed by atoms with van der Waals surface area (Å²) in [4.78, 5) is 9.51. The summed E-state index contributed by atoms with van der Waals surface area (Å²) in [5.41, 5.74) is 2.25. The number of nitrogens with one attached hydrogen (secondary N) is 1. The molecule has 1 aromatic rings. The van der Waals surface area contributed by atoms with Gasteiger partial charge in [0.05, 0.1) is 5.69 Å². The van der Waals surface area contributed by atoms with Crippen molar-refractivity contribution >= 4 is 0 Å². The highest BCUT2D eigenvalue weighted by atomic mass is 14.9. The average molecular weight is 275 g/mol. The van der Waals surface area contributed by atoms with Gasteiger partial charge >= 0.3 is 0 Å². The molecule has 2 unspecified atom stereocenters. The molecule has 0 aliphatic heterocycles. The predicted octanol–water partition coefficient (Wildman–Crippen LogP) is 3.82. The Morgan fingerprint density at radius 2 is 2.10 bits per heavy atom. The van der Waals surface area contributed by atoms with E-state index in [0.717, 1.165) is 36.2 Å². The van der Waals surface area contributed by atoms with Crippen molar-refractivity contribution in [1.29, 1.82) is 0 Å². The van der Waals surface area contributed by atoms with Gasteiger partial charge in [-0.05, 0) is 44.2 Å². The molecule has 1 aliphatic carbocycles. The highest BCUT2D eigenvalue weighted by Gasteiger charge is 2.23. The Morgan fingerprint density at radius 3 is 2.80 bits per heavy atom. The summed E-state index contributed by atoms with van der Waals surface area (Å²) in [7, 11) is 0. The maximum atomic E-state index is 4.81. The molecule has 0 bridgehead atoms. The van der Waals surface area contributed by atoms with Crippen LogP contribution in [-0.2, 0) is 6.54 Å². The van der Waals surface area contributed by atoms with Crippen LogP contribution >= 0.6 is 0 Å². The van der Waals surface area contributed by atoms with Crippen LogP contribution in [0.5, 0.6) is 0 Å². The van der Waals surface area contributed by atoms with Crippen molar-refractivity contribution in [1.82, 2.24) is 15.3 Å². The molecule has 1 aliphatic rings. The summed E-state index contributed by atoms with van der Waals surface area (Å²) >= 11 is 0. The first-order valence-corrected chi connectivity index (χ1v) is 8.09. The number of aryl methyl sites for hydroxylation is 1. The minimum absolute atomic E-state index is 0.572. The van der Waals surface area contributed by atoms with Crippen LogP contribution in [-0.4, -0.2) is 16.5 Å². The molecule has 0 amide bonds. The van der Waals surface area contributed by atoms with Crippen LogP contribution in [0.15, 0.2) is 6.07 Å². The van der Waals surface area contributed by atoms with Gasteiger partial charge in [0.25, 0.3) is 0 Å². The number of rotatable bonds is 5. The van der Waals surface area contributed by atoms with Crippen LogP contribution in [0.3, 0.4) is 0 Å². The molecule has 0 saturated heterocycles. The Balaban J connectivity index is 2.03. The Kier molecular flexibility index (Phi) is 5.53. The van der Waals surface area contributed by atoms with E-state index in [-0.39, 0.29) is 0 Å². The molecule has 0 spiro atoms. The van der Waals surface area contributed by atoms with Crippen molar-refractivity contribution in [2.75, 3.05) is 6.54 Å². The summed E-state index contributed by atoms with van der Waals surface area (Å²) in [5, 5.41) is 3.48. The lowest BCUT2D eigenvalue weighted by Gasteiger charge is -2.26. The molecular formula is C17H29N3. The second-order valence-corrected chi connectivity index (χ2v) is 6.85. The maximum absolute atomic E-state index is 4.81. The van der Waals surface area contributed by atoms with Gasteiger partial charge in [-0.25, -0.2) is 9.97 Å². The molecule has 1 N–H and O–H groups in total. The van der Waals surface area contributed by atoms with Crippen molar-refractivity contribution in [3.8, 4) is 0 Å². The molecule has 1 fully saturated rings. The largest absolute Gasteiger partial charge is 0.311 e. The predicted molar refractivity (Wildman–Crippen MR) is 83.7 cm³/mol. The van der Waals surface area contributed by atoms with E-state index < -0.39 is 0 Å². The van der Waals surface area contributed by atoms with Gasteiger partial charge in [0.15, 0.2) is 0 Å². The molecule has 0 aromatic carbocycles. The Hall–Kier alpha value is -0.960. The molecule has 3 nitrogen and oxygen atoms in total. The lowest BCUT2D eigenvalue weighted by molar-refractivity contribution is 0.334. The third-order valence-corrected chi connectivity index (χ3v) is 4.08. The van der Waals surface area contributed by atoms with Crippen LogP contribution in [0, 0.1) is 18.8 Å². The third-order valence-electron chi connectivity index (χ3n) is 4.08. The number of aromatic nitrogens is 2. The lowest BCUT2D eigenvalue weighted by atomic mass is 9.82. The fourth-order valence-corrected chi connectivity index (χ4v) is 3.09. The zero-order valence-corrected chi connectivity index (χ0v) is 13.4. The van der Waals surface area contributed by atoms with Gasteiger partial charge in [-0.2, -0.15) is 0 Å². The van der Waals surface area contributed by atoms with E-state index in [1.807, 2.05) is 0 Å². The summed E-state index contributed by atoms with van der Waals surface area (Å²) < 4.78 is 0. The summed E-state index contributed by atoms with van der Waals surface area (Å²) in [5.74, 6) is 3.15. The standard InChI is InChI=1S/C17H29N3/c1-12(2)10-18-11-16-9-14(4)19-17(20-16)15-7-5-6-13(3)8-15/h9,12-13,15,18H,5-8,10-11H2,1-4H3. The quantitative estimate of drug-likeness (QED) is 0.887. The van der Waals surface area contributed by atoms with E-state index in [9.17, 15) is 0 Å². The number of hydrogen-bond donors (Lipinski definition) is 1. The smallest absolute Gasteiger partial charge is 0.131 e. The van der Waals surface area contributed by atoms with E-state index >= 15 is 0 Å². The molecule has 20 heavy (non-hydrogen) atoms. The Morgan fingerprint density at radius 1 is 1.30 bits per heavy atom. The second-order valence-electron chi connectivity index (χ2n) is 6.85. The van der Waals surface area contributed by atoms with Crippen LogP contribution in [0.25, 0.3) is 0 Å². The van der Waals surface area contributed by atoms with Crippen molar-refractivity contribution in [3.63, 3.8) is 0 Å². The molecule has 112 valence electrons. The molecule has 1 aromatic heterocycles. The summed E-state index contributed by atoms with van der Waals surface area (Å²) in [6, 6.07) is 2.11. The molecule has 2 rings (SSSR count). The monoisotopic (exact) mass is 275 g/mol. The molecular weight excluding hydrogens is 246 g/mol. The topological polar surface area (TPSA) is 37.8 Å². The normalized spacial score (nSPS) is 23.2. The zero-order chi connectivity index (χ0) is 14.5. The van der Waals surface area contributed by atoms with Gasteiger partial charge in [0.2, 0.25) is 0 Å². The molecule has 3 heteroatoms.